The second-order valence-corrected chi connectivity index (χ2v) is 12.4. The summed E-state index contributed by atoms with van der Waals surface area (Å²) in [5, 5.41) is 8.89. The van der Waals surface area contributed by atoms with Crippen molar-refractivity contribution < 1.29 is 28.8 Å². The molecule has 1 spiro atoms. The highest BCUT2D eigenvalue weighted by molar-refractivity contribution is 5.66. The average Bonchev–Trinajstić information content (AvgIpc) is 3.23. The van der Waals surface area contributed by atoms with Crippen molar-refractivity contribution in [2.24, 2.45) is 17.3 Å². The number of carbonyl (C=O) groups is 1. The van der Waals surface area contributed by atoms with Gasteiger partial charge in [-0.25, -0.2) is 0 Å². The van der Waals surface area contributed by atoms with E-state index in [4.69, 9.17) is 24.1 Å². The molecule has 4 atom stereocenters. The van der Waals surface area contributed by atoms with Crippen LogP contribution in [0, 0.1) is 17.3 Å². The van der Waals surface area contributed by atoms with E-state index in [9.17, 15) is 4.79 Å². The van der Waals surface area contributed by atoms with Crippen molar-refractivity contribution in [2.75, 3.05) is 19.8 Å². The largest absolute Gasteiger partial charge is 0.481 e. The van der Waals surface area contributed by atoms with Gasteiger partial charge in [0.2, 0.25) is 0 Å². The molecule has 0 aromatic rings. The van der Waals surface area contributed by atoms with Crippen molar-refractivity contribution in [1.82, 2.24) is 0 Å². The van der Waals surface area contributed by atoms with E-state index in [-0.39, 0.29) is 30.1 Å². The summed E-state index contributed by atoms with van der Waals surface area (Å²) < 4.78 is 25.4. The fourth-order valence-corrected chi connectivity index (χ4v) is 5.98. The Labute approximate surface area is 231 Å². The lowest BCUT2D eigenvalue weighted by Gasteiger charge is -2.45. The van der Waals surface area contributed by atoms with Crippen LogP contribution >= 0.6 is 0 Å². The third-order valence-corrected chi connectivity index (χ3v) is 8.29. The molecule has 3 fully saturated rings. The van der Waals surface area contributed by atoms with E-state index in [0.717, 1.165) is 64.8 Å². The topological polar surface area (TPSA) is 74.2 Å². The van der Waals surface area contributed by atoms with Gasteiger partial charge >= 0.3 is 5.97 Å². The lowest BCUT2D eigenvalue weighted by molar-refractivity contribution is -0.316. The average molecular weight is 535 g/mol. The van der Waals surface area contributed by atoms with Crippen LogP contribution in [0.3, 0.4) is 0 Å². The maximum Gasteiger partial charge on any atom is 0.303 e. The van der Waals surface area contributed by atoms with Crippen molar-refractivity contribution in [3.63, 3.8) is 0 Å². The minimum Gasteiger partial charge on any atom is -0.481 e. The van der Waals surface area contributed by atoms with Gasteiger partial charge in [-0.1, -0.05) is 77.2 Å². The lowest BCUT2D eigenvalue weighted by Crippen LogP contribution is -2.50. The number of carboxylic acids is 1. The molecule has 1 N–H and O–H groups in total. The molecule has 3 aliphatic rings. The van der Waals surface area contributed by atoms with E-state index < -0.39 is 11.8 Å². The summed E-state index contributed by atoms with van der Waals surface area (Å²) in [6, 6.07) is 0. The monoisotopic (exact) mass is 534 g/mol. The summed E-state index contributed by atoms with van der Waals surface area (Å²) in [6.07, 6.45) is 24.1. The fraction of sp³-hybridized carbons (Fsp3) is 0.844. The molecule has 4 unspecified atom stereocenters. The summed E-state index contributed by atoms with van der Waals surface area (Å²) in [5.41, 5.74) is 0.0389. The van der Waals surface area contributed by atoms with Crippen molar-refractivity contribution in [3.05, 3.63) is 24.3 Å². The number of carboxylic acid groups (broad SMARTS) is 1. The molecule has 218 valence electrons. The first-order valence-electron chi connectivity index (χ1n) is 15.4. The fourth-order valence-electron chi connectivity index (χ4n) is 5.98. The third-order valence-electron chi connectivity index (χ3n) is 8.29. The van der Waals surface area contributed by atoms with E-state index in [1.807, 2.05) is 6.08 Å². The Hall–Kier alpha value is -1.21. The Kier molecular flexibility index (Phi) is 13.3. The number of allylic oxidation sites excluding steroid dienone is 3. The molecular weight excluding hydrogens is 480 g/mol. The zero-order chi connectivity index (χ0) is 27.3. The minimum atomic E-state index is -0.748. The van der Waals surface area contributed by atoms with Gasteiger partial charge in [0.15, 0.2) is 12.1 Å². The van der Waals surface area contributed by atoms with E-state index in [0.29, 0.717) is 12.3 Å². The summed E-state index contributed by atoms with van der Waals surface area (Å²) >= 11 is 0. The Morgan fingerprint density at radius 1 is 1.05 bits per heavy atom. The predicted octanol–water partition coefficient (Wildman–Crippen LogP) is 7.81. The van der Waals surface area contributed by atoms with Gasteiger partial charge in [0.05, 0.1) is 19.3 Å². The van der Waals surface area contributed by atoms with Crippen molar-refractivity contribution in [1.29, 1.82) is 0 Å². The predicted molar refractivity (Wildman–Crippen MR) is 151 cm³/mol. The molecule has 0 amide bonds. The Morgan fingerprint density at radius 3 is 2.53 bits per heavy atom. The molecule has 0 bridgehead atoms. The number of rotatable bonds is 16. The SMILES string of the molecule is CCCCCCCC(C=CC1CCC2(OCC(C)(C)CO2)C1CCC=CCCC(=O)O)OC1CCCCO1. The molecule has 6 nitrogen and oxygen atoms in total. The second-order valence-electron chi connectivity index (χ2n) is 12.4. The quantitative estimate of drug-likeness (QED) is 0.161. The van der Waals surface area contributed by atoms with Crippen LogP contribution in [0.4, 0.5) is 0 Å². The summed E-state index contributed by atoms with van der Waals surface area (Å²) in [4.78, 5) is 10.8. The van der Waals surface area contributed by atoms with Crippen molar-refractivity contribution >= 4 is 5.97 Å². The number of aliphatic carboxylic acids is 1. The Balaban J connectivity index is 1.64. The van der Waals surface area contributed by atoms with Crippen LogP contribution in [-0.4, -0.2) is 49.1 Å². The number of ether oxygens (including phenoxy) is 4. The van der Waals surface area contributed by atoms with Crippen LogP contribution in [0.25, 0.3) is 0 Å². The van der Waals surface area contributed by atoms with Crippen LogP contribution in [-0.2, 0) is 23.7 Å². The van der Waals surface area contributed by atoms with E-state index in [1.54, 1.807) is 0 Å². The van der Waals surface area contributed by atoms with Gasteiger partial charge in [-0.3, -0.25) is 4.79 Å². The normalized spacial score (nSPS) is 27.9. The van der Waals surface area contributed by atoms with Gasteiger partial charge in [-0.2, -0.15) is 0 Å². The maximum absolute atomic E-state index is 10.8. The molecule has 2 heterocycles. The molecule has 0 aromatic heterocycles. The second kappa shape index (κ2) is 16.2. The highest BCUT2D eigenvalue weighted by atomic mass is 16.7. The van der Waals surface area contributed by atoms with Crippen molar-refractivity contribution in [2.45, 2.75) is 135 Å². The van der Waals surface area contributed by atoms with E-state index in [2.05, 4.69) is 39.0 Å². The molecule has 0 radical (unpaired) electrons. The zero-order valence-electron chi connectivity index (χ0n) is 24.3. The van der Waals surface area contributed by atoms with Gasteiger partial charge in [-0.15, -0.1) is 0 Å². The summed E-state index contributed by atoms with van der Waals surface area (Å²) in [7, 11) is 0. The van der Waals surface area contributed by atoms with Crippen molar-refractivity contribution in [3.8, 4) is 0 Å². The first-order chi connectivity index (χ1) is 18.3. The molecule has 6 heteroatoms. The van der Waals surface area contributed by atoms with Gasteiger partial charge in [0.1, 0.15) is 0 Å². The highest BCUT2D eigenvalue weighted by Gasteiger charge is 2.52. The Morgan fingerprint density at radius 2 is 1.82 bits per heavy atom. The van der Waals surface area contributed by atoms with Crippen LogP contribution in [0.2, 0.25) is 0 Å². The molecule has 0 aromatic carbocycles. The van der Waals surface area contributed by atoms with Crippen LogP contribution < -0.4 is 0 Å². The lowest BCUT2D eigenvalue weighted by atomic mass is 9.85. The molecule has 2 aliphatic heterocycles. The highest BCUT2D eigenvalue weighted by Crippen LogP contribution is 2.50. The van der Waals surface area contributed by atoms with E-state index >= 15 is 0 Å². The maximum atomic E-state index is 10.8. The molecule has 38 heavy (non-hydrogen) atoms. The van der Waals surface area contributed by atoms with Crippen LogP contribution in [0.1, 0.15) is 117 Å². The smallest absolute Gasteiger partial charge is 0.303 e. The van der Waals surface area contributed by atoms with Crippen LogP contribution in [0.5, 0.6) is 0 Å². The molecule has 1 saturated carbocycles. The molecule has 1 aliphatic carbocycles. The molecular formula is C32H54O6. The number of hydrogen-bond acceptors (Lipinski definition) is 5. The third kappa shape index (κ3) is 10.4. The summed E-state index contributed by atoms with van der Waals surface area (Å²) in [5.74, 6) is -0.609. The van der Waals surface area contributed by atoms with Gasteiger partial charge in [-0.05, 0) is 57.3 Å². The van der Waals surface area contributed by atoms with Gasteiger partial charge < -0.3 is 24.1 Å². The van der Waals surface area contributed by atoms with Gasteiger partial charge in [0.25, 0.3) is 0 Å². The number of unbranched alkanes of at least 4 members (excludes halogenated alkanes) is 4. The number of hydrogen-bond donors (Lipinski definition) is 1. The zero-order valence-corrected chi connectivity index (χ0v) is 24.3. The van der Waals surface area contributed by atoms with Gasteiger partial charge in [0, 0.05) is 30.8 Å². The molecule has 3 rings (SSSR count). The van der Waals surface area contributed by atoms with E-state index in [1.165, 1.54) is 38.5 Å². The Bertz CT molecular complexity index is 728. The minimum absolute atomic E-state index is 0.0389. The summed E-state index contributed by atoms with van der Waals surface area (Å²) in [6.45, 7) is 8.89. The first kappa shape index (κ1) is 31.3. The molecule has 2 saturated heterocycles. The standard InChI is InChI=1S/C32H54O6/c1-4-5-6-7-10-15-27(38-30-18-13-14-23-35-30)20-19-26-21-22-32(36-24-31(2,3)25-37-32)28(26)16-11-8-9-12-17-29(33)34/h8-9,19-20,26-28,30H,4-7,10-18,21-25H2,1-3H3,(H,33,34). The van der Waals surface area contributed by atoms with Crippen LogP contribution in [0.15, 0.2) is 24.3 Å². The first-order valence-corrected chi connectivity index (χ1v) is 15.4.